The molecule has 110 valence electrons. The van der Waals surface area contributed by atoms with Crippen molar-refractivity contribution in [1.29, 1.82) is 0 Å². The number of Topliss-reactive ketones (excluding diaryl/α,β-unsaturated/α-hetero) is 1. The van der Waals surface area contributed by atoms with Gasteiger partial charge in [-0.1, -0.05) is 27.5 Å². The molecule has 20 heavy (non-hydrogen) atoms. The number of hydrogen-bond donors (Lipinski definition) is 0. The largest absolute Gasteiger partial charge is 0.301 e. The Kier molecular flexibility index (Phi) is 5.23. The summed E-state index contributed by atoms with van der Waals surface area (Å²) in [6.45, 7) is 1.58. The maximum atomic E-state index is 12.1. The molecule has 0 aromatic heterocycles. The fourth-order valence-corrected chi connectivity index (χ4v) is 4.14. The molecule has 0 unspecified atom stereocenters. The van der Waals surface area contributed by atoms with Gasteiger partial charge in [0, 0.05) is 36.1 Å². The normalized spacial score (nSPS) is 18.9. The average molecular weight is 381 g/mol. The highest BCUT2D eigenvalue weighted by Gasteiger charge is 2.22. The fraction of sp³-hybridized carbons (Fsp3) is 0.462. The monoisotopic (exact) mass is 379 g/mol. The van der Waals surface area contributed by atoms with Gasteiger partial charge in [-0.05, 0) is 18.2 Å². The predicted octanol–water partition coefficient (Wildman–Crippen LogP) is 2.41. The van der Waals surface area contributed by atoms with Crippen molar-refractivity contribution in [2.45, 2.75) is 6.42 Å². The van der Waals surface area contributed by atoms with Crippen molar-refractivity contribution >= 4 is 43.2 Å². The van der Waals surface area contributed by atoms with Crippen LogP contribution in [0.15, 0.2) is 22.7 Å². The number of benzene rings is 1. The second kappa shape index (κ2) is 6.56. The van der Waals surface area contributed by atoms with E-state index in [1.54, 1.807) is 18.2 Å². The molecule has 1 aromatic carbocycles. The van der Waals surface area contributed by atoms with E-state index in [1.807, 2.05) is 4.90 Å². The quantitative estimate of drug-likeness (QED) is 0.753. The van der Waals surface area contributed by atoms with Crippen molar-refractivity contribution in [2.24, 2.45) is 0 Å². The lowest BCUT2D eigenvalue weighted by molar-refractivity contribution is 0.0966. The highest BCUT2D eigenvalue weighted by molar-refractivity contribution is 9.10. The van der Waals surface area contributed by atoms with E-state index in [9.17, 15) is 13.2 Å². The van der Waals surface area contributed by atoms with Gasteiger partial charge in [-0.15, -0.1) is 0 Å². The zero-order chi connectivity index (χ0) is 14.8. The van der Waals surface area contributed by atoms with Crippen LogP contribution in [0.2, 0.25) is 5.02 Å². The SMILES string of the molecule is O=C(CCN1CCS(=O)(=O)CC1)c1ccc(Br)cc1Cl. The smallest absolute Gasteiger partial charge is 0.165 e. The lowest BCUT2D eigenvalue weighted by Crippen LogP contribution is -2.41. The second-order valence-corrected chi connectivity index (χ2v) is 8.42. The third-order valence-corrected chi connectivity index (χ3v) is 5.74. The zero-order valence-corrected chi connectivity index (χ0v) is 14.0. The van der Waals surface area contributed by atoms with Crippen LogP contribution in [-0.4, -0.2) is 50.2 Å². The summed E-state index contributed by atoms with van der Waals surface area (Å²) < 4.78 is 23.5. The van der Waals surface area contributed by atoms with E-state index in [1.165, 1.54) is 0 Å². The summed E-state index contributed by atoms with van der Waals surface area (Å²) in [6, 6.07) is 5.18. The zero-order valence-electron chi connectivity index (χ0n) is 10.8. The van der Waals surface area contributed by atoms with E-state index in [0.29, 0.717) is 36.6 Å². The number of hydrogen-bond acceptors (Lipinski definition) is 4. The number of halogens is 2. The molecular formula is C13H15BrClNO3S. The van der Waals surface area contributed by atoms with Crippen molar-refractivity contribution in [2.75, 3.05) is 31.1 Å². The number of carbonyl (C=O) groups excluding carboxylic acids is 1. The average Bonchev–Trinajstić information content (AvgIpc) is 2.37. The van der Waals surface area contributed by atoms with Gasteiger partial charge in [0.25, 0.3) is 0 Å². The first-order valence-corrected chi connectivity index (χ1v) is 9.28. The van der Waals surface area contributed by atoms with Gasteiger partial charge in [0.2, 0.25) is 0 Å². The van der Waals surface area contributed by atoms with Gasteiger partial charge in [0.05, 0.1) is 16.5 Å². The van der Waals surface area contributed by atoms with E-state index in [2.05, 4.69) is 15.9 Å². The van der Waals surface area contributed by atoms with Crippen LogP contribution >= 0.6 is 27.5 Å². The minimum atomic E-state index is -2.87. The van der Waals surface area contributed by atoms with Crippen LogP contribution in [0.4, 0.5) is 0 Å². The summed E-state index contributed by atoms with van der Waals surface area (Å²) in [4.78, 5) is 14.1. The van der Waals surface area contributed by atoms with E-state index in [4.69, 9.17) is 11.6 Å². The molecular weight excluding hydrogens is 366 g/mol. The third-order valence-electron chi connectivity index (χ3n) is 3.32. The Morgan fingerprint density at radius 1 is 1.30 bits per heavy atom. The van der Waals surface area contributed by atoms with Crippen LogP contribution in [0.3, 0.4) is 0 Å². The fourth-order valence-electron chi connectivity index (χ4n) is 2.08. The molecule has 7 heteroatoms. The van der Waals surface area contributed by atoms with Crippen molar-refractivity contribution in [3.05, 3.63) is 33.3 Å². The van der Waals surface area contributed by atoms with Gasteiger partial charge in [0.1, 0.15) is 0 Å². The molecule has 0 atom stereocenters. The van der Waals surface area contributed by atoms with Crippen molar-refractivity contribution in [3.8, 4) is 0 Å². The molecule has 1 aliphatic heterocycles. The summed E-state index contributed by atoms with van der Waals surface area (Å²) in [6.07, 6.45) is 0.349. The summed E-state index contributed by atoms with van der Waals surface area (Å²) in [7, 11) is -2.87. The molecule has 0 spiro atoms. The highest BCUT2D eigenvalue weighted by atomic mass is 79.9. The Morgan fingerprint density at radius 3 is 2.55 bits per heavy atom. The molecule has 4 nitrogen and oxygen atoms in total. The number of ketones is 1. The number of sulfone groups is 1. The lowest BCUT2D eigenvalue weighted by Gasteiger charge is -2.26. The van der Waals surface area contributed by atoms with E-state index < -0.39 is 9.84 Å². The minimum absolute atomic E-state index is 0.0177. The van der Waals surface area contributed by atoms with Crippen LogP contribution in [0, 0.1) is 0 Å². The maximum absolute atomic E-state index is 12.1. The third kappa shape index (κ3) is 4.28. The predicted molar refractivity (Wildman–Crippen MR) is 83.2 cm³/mol. The number of nitrogens with zero attached hydrogens (tertiary/aromatic N) is 1. The molecule has 1 fully saturated rings. The summed E-state index contributed by atoms with van der Waals surface area (Å²) in [5, 5.41) is 0.436. The first-order valence-electron chi connectivity index (χ1n) is 6.28. The highest BCUT2D eigenvalue weighted by Crippen LogP contribution is 2.22. The molecule has 1 heterocycles. The Bertz CT molecular complexity index is 604. The Balaban J connectivity index is 1.90. The Hall–Kier alpha value is -0.430. The Labute approximate surface area is 132 Å². The van der Waals surface area contributed by atoms with Crippen LogP contribution < -0.4 is 0 Å². The van der Waals surface area contributed by atoms with Crippen LogP contribution in [0.5, 0.6) is 0 Å². The Morgan fingerprint density at radius 2 is 1.95 bits per heavy atom. The van der Waals surface area contributed by atoms with Crippen LogP contribution in [0.25, 0.3) is 0 Å². The summed E-state index contributed by atoms with van der Waals surface area (Å²) >= 11 is 9.34. The molecule has 1 saturated heterocycles. The molecule has 0 amide bonds. The topological polar surface area (TPSA) is 54.5 Å². The molecule has 0 radical (unpaired) electrons. The van der Waals surface area contributed by atoms with Gasteiger partial charge < -0.3 is 4.90 Å². The van der Waals surface area contributed by atoms with Crippen molar-refractivity contribution < 1.29 is 13.2 Å². The molecule has 0 saturated carbocycles. The lowest BCUT2D eigenvalue weighted by atomic mass is 10.1. The second-order valence-electron chi connectivity index (χ2n) is 4.79. The van der Waals surface area contributed by atoms with Crippen molar-refractivity contribution in [1.82, 2.24) is 4.90 Å². The summed E-state index contributed by atoms with van der Waals surface area (Å²) in [5.74, 6) is 0.344. The van der Waals surface area contributed by atoms with E-state index in [-0.39, 0.29) is 17.3 Å². The van der Waals surface area contributed by atoms with Gasteiger partial charge in [-0.2, -0.15) is 0 Å². The number of rotatable bonds is 4. The van der Waals surface area contributed by atoms with Gasteiger partial charge in [0.15, 0.2) is 15.6 Å². The minimum Gasteiger partial charge on any atom is -0.301 e. The molecule has 0 bridgehead atoms. The molecule has 0 aliphatic carbocycles. The van der Waals surface area contributed by atoms with Crippen molar-refractivity contribution in [3.63, 3.8) is 0 Å². The van der Waals surface area contributed by atoms with Crippen LogP contribution in [0.1, 0.15) is 16.8 Å². The van der Waals surface area contributed by atoms with Gasteiger partial charge >= 0.3 is 0 Å². The molecule has 1 aromatic rings. The van der Waals surface area contributed by atoms with Gasteiger partial charge in [-0.25, -0.2) is 8.42 Å². The summed E-state index contributed by atoms with van der Waals surface area (Å²) in [5.41, 5.74) is 0.513. The van der Waals surface area contributed by atoms with Crippen LogP contribution in [-0.2, 0) is 9.84 Å². The standard InChI is InChI=1S/C13H15BrClNO3S/c14-10-1-2-11(12(15)9-10)13(17)3-4-16-5-7-20(18,19)8-6-16/h1-2,9H,3-8H2. The maximum Gasteiger partial charge on any atom is 0.165 e. The van der Waals surface area contributed by atoms with Gasteiger partial charge in [-0.3, -0.25) is 4.79 Å². The molecule has 1 aliphatic rings. The van der Waals surface area contributed by atoms with E-state index >= 15 is 0 Å². The van der Waals surface area contributed by atoms with E-state index in [0.717, 1.165) is 4.47 Å². The molecule has 0 N–H and O–H groups in total. The number of carbonyl (C=O) groups is 1. The molecule has 2 rings (SSSR count). The first kappa shape index (κ1) is 15.9. The first-order chi connectivity index (χ1) is 9.37.